The Labute approximate surface area is 142 Å². The zero-order valence-electron chi connectivity index (χ0n) is 13.6. The Bertz CT molecular complexity index is 652. The minimum absolute atomic E-state index is 0.195. The van der Waals surface area contributed by atoms with Gasteiger partial charge in [-0.15, -0.1) is 0 Å². The van der Waals surface area contributed by atoms with Gasteiger partial charge in [-0.2, -0.15) is 0 Å². The van der Waals surface area contributed by atoms with Crippen LogP contribution in [0.25, 0.3) is 11.1 Å². The van der Waals surface area contributed by atoms with Gasteiger partial charge in [-0.25, -0.2) is 4.39 Å². The van der Waals surface area contributed by atoms with Crippen molar-refractivity contribution in [2.45, 2.75) is 0 Å². The zero-order valence-corrected chi connectivity index (χ0v) is 13.6. The van der Waals surface area contributed by atoms with Crippen molar-refractivity contribution in [2.75, 3.05) is 39.4 Å². The monoisotopic (exact) mass is 327 g/mol. The summed E-state index contributed by atoms with van der Waals surface area (Å²) >= 11 is 0. The number of morpholine rings is 1. The first-order valence-corrected chi connectivity index (χ1v) is 8.25. The van der Waals surface area contributed by atoms with Crippen LogP contribution in [-0.4, -0.2) is 50.3 Å². The summed E-state index contributed by atoms with van der Waals surface area (Å²) in [6, 6.07) is 16.4. The highest BCUT2D eigenvalue weighted by molar-refractivity contribution is 5.81. The Balaban J connectivity index is 0.000000143. The van der Waals surface area contributed by atoms with Crippen LogP contribution in [-0.2, 0) is 4.74 Å². The highest BCUT2D eigenvalue weighted by Crippen LogP contribution is 2.18. The predicted molar refractivity (Wildman–Crippen MR) is 94.5 cm³/mol. The molecule has 24 heavy (non-hydrogen) atoms. The normalized spacial score (nSPS) is 16.7. The number of benzene rings is 2. The second-order valence-corrected chi connectivity index (χ2v) is 5.60. The van der Waals surface area contributed by atoms with Crippen LogP contribution < -0.4 is 5.32 Å². The van der Waals surface area contributed by atoms with Gasteiger partial charge in [0.25, 0.3) is 0 Å². The molecular formula is C19H22FN3O. The molecule has 2 aromatic rings. The van der Waals surface area contributed by atoms with Gasteiger partial charge in [0.05, 0.1) is 19.8 Å². The summed E-state index contributed by atoms with van der Waals surface area (Å²) in [6.45, 7) is 5.54. The standard InChI is InChI=1S/C12H9F.C7H13N3O/c13-12-8-6-11(7-9-12)10-4-2-1-3-5-10;1-2-9-7(8-1)10-3-5-11-6-4-10/h1-9H;1-6H2,(H,8,9). The maximum Gasteiger partial charge on any atom is 0.194 e. The van der Waals surface area contributed by atoms with E-state index in [4.69, 9.17) is 4.74 Å². The quantitative estimate of drug-likeness (QED) is 0.875. The smallest absolute Gasteiger partial charge is 0.194 e. The lowest BCUT2D eigenvalue weighted by atomic mass is 10.1. The van der Waals surface area contributed by atoms with Crippen LogP contribution in [0.2, 0.25) is 0 Å². The number of nitrogens with zero attached hydrogens (tertiary/aromatic N) is 2. The molecule has 1 N–H and O–H groups in total. The summed E-state index contributed by atoms with van der Waals surface area (Å²) in [5, 5.41) is 3.25. The van der Waals surface area contributed by atoms with Gasteiger partial charge in [-0.05, 0) is 23.3 Å². The maximum absolute atomic E-state index is 12.6. The molecule has 0 aromatic heterocycles. The van der Waals surface area contributed by atoms with Gasteiger partial charge in [-0.3, -0.25) is 4.99 Å². The fraction of sp³-hybridized carbons (Fsp3) is 0.316. The van der Waals surface area contributed by atoms with Gasteiger partial charge in [0.2, 0.25) is 0 Å². The van der Waals surface area contributed by atoms with Gasteiger partial charge in [0.1, 0.15) is 5.82 Å². The molecule has 0 saturated carbocycles. The minimum atomic E-state index is -0.195. The van der Waals surface area contributed by atoms with Crippen LogP contribution in [0.1, 0.15) is 0 Å². The van der Waals surface area contributed by atoms with Crippen LogP contribution in [0, 0.1) is 5.82 Å². The number of guanidine groups is 1. The molecule has 1 saturated heterocycles. The number of halogens is 1. The van der Waals surface area contributed by atoms with E-state index in [2.05, 4.69) is 15.2 Å². The molecule has 2 aromatic carbocycles. The first kappa shape index (κ1) is 16.5. The van der Waals surface area contributed by atoms with E-state index in [1.165, 1.54) is 12.1 Å². The van der Waals surface area contributed by atoms with E-state index in [0.29, 0.717) is 0 Å². The van der Waals surface area contributed by atoms with Gasteiger partial charge >= 0.3 is 0 Å². The average Bonchev–Trinajstić information content (AvgIpc) is 3.19. The molecule has 2 aliphatic heterocycles. The third-order valence-corrected chi connectivity index (χ3v) is 3.92. The second kappa shape index (κ2) is 8.45. The van der Waals surface area contributed by atoms with Crippen molar-refractivity contribution in [1.82, 2.24) is 10.2 Å². The Hall–Kier alpha value is -2.40. The summed E-state index contributed by atoms with van der Waals surface area (Å²) in [5.41, 5.74) is 2.16. The Morgan fingerprint density at radius 1 is 0.917 bits per heavy atom. The van der Waals surface area contributed by atoms with Gasteiger partial charge in [0, 0.05) is 19.6 Å². The summed E-state index contributed by atoms with van der Waals surface area (Å²) < 4.78 is 17.8. The fourth-order valence-corrected chi connectivity index (χ4v) is 2.65. The number of nitrogens with one attached hydrogen (secondary N) is 1. The molecule has 0 amide bonds. The molecule has 5 heteroatoms. The molecule has 0 radical (unpaired) electrons. The van der Waals surface area contributed by atoms with E-state index in [-0.39, 0.29) is 5.82 Å². The lowest BCUT2D eigenvalue weighted by Crippen LogP contribution is -2.45. The molecule has 1 fully saturated rings. The van der Waals surface area contributed by atoms with Crippen molar-refractivity contribution in [1.29, 1.82) is 0 Å². The number of aliphatic imine (C=N–C) groups is 1. The van der Waals surface area contributed by atoms with E-state index in [1.807, 2.05) is 30.3 Å². The van der Waals surface area contributed by atoms with Crippen molar-refractivity contribution in [3.63, 3.8) is 0 Å². The Morgan fingerprint density at radius 2 is 1.58 bits per heavy atom. The van der Waals surface area contributed by atoms with Gasteiger partial charge < -0.3 is 15.0 Å². The molecule has 0 unspecified atom stereocenters. The zero-order chi connectivity index (χ0) is 16.6. The predicted octanol–water partition coefficient (Wildman–Crippen LogP) is 2.77. The number of ether oxygens (including phenoxy) is 1. The average molecular weight is 327 g/mol. The van der Waals surface area contributed by atoms with Crippen molar-refractivity contribution in [3.05, 3.63) is 60.4 Å². The topological polar surface area (TPSA) is 36.9 Å². The Morgan fingerprint density at radius 3 is 2.21 bits per heavy atom. The summed E-state index contributed by atoms with van der Waals surface area (Å²) in [7, 11) is 0. The van der Waals surface area contributed by atoms with Crippen LogP contribution in [0.15, 0.2) is 59.6 Å². The highest BCUT2D eigenvalue weighted by atomic mass is 19.1. The Kier molecular flexibility index (Phi) is 5.80. The van der Waals surface area contributed by atoms with E-state index >= 15 is 0 Å². The van der Waals surface area contributed by atoms with Crippen molar-refractivity contribution in [2.24, 2.45) is 4.99 Å². The van der Waals surface area contributed by atoms with E-state index in [1.54, 1.807) is 12.1 Å². The first-order valence-electron chi connectivity index (χ1n) is 8.25. The summed E-state index contributed by atoms with van der Waals surface area (Å²) in [5.74, 6) is 0.869. The molecule has 2 heterocycles. The van der Waals surface area contributed by atoms with Crippen LogP contribution in [0.5, 0.6) is 0 Å². The lowest BCUT2D eigenvalue weighted by Gasteiger charge is -2.28. The third kappa shape index (κ3) is 4.55. The number of hydrogen-bond donors (Lipinski definition) is 1. The largest absolute Gasteiger partial charge is 0.378 e. The molecule has 0 bridgehead atoms. The van der Waals surface area contributed by atoms with Crippen LogP contribution in [0.4, 0.5) is 4.39 Å². The van der Waals surface area contributed by atoms with Gasteiger partial charge in [0.15, 0.2) is 5.96 Å². The SMILES string of the molecule is C1CNC(N2CCOCC2)=N1.Fc1ccc(-c2ccccc2)cc1. The minimum Gasteiger partial charge on any atom is -0.378 e. The van der Waals surface area contributed by atoms with E-state index in [9.17, 15) is 4.39 Å². The number of hydrogen-bond acceptors (Lipinski definition) is 4. The van der Waals surface area contributed by atoms with Gasteiger partial charge in [-0.1, -0.05) is 42.5 Å². The van der Waals surface area contributed by atoms with Crippen molar-refractivity contribution in [3.8, 4) is 11.1 Å². The number of rotatable bonds is 1. The molecule has 4 rings (SSSR count). The third-order valence-electron chi connectivity index (χ3n) is 3.92. The molecule has 0 atom stereocenters. The lowest BCUT2D eigenvalue weighted by molar-refractivity contribution is 0.0669. The molecule has 4 nitrogen and oxygen atoms in total. The van der Waals surface area contributed by atoms with E-state index < -0.39 is 0 Å². The highest BCUT2D eigenvalue weighted by Gasteiger charge is 2.16. The van der Waals surface area contributed by atoms with Crippen molar-refractivity contribution >= 4 is 5.96 Å². The fourth-order valence-electron chi connectivity index (χ4n) is 2.65. The molecule has 0 aliphatic carbocycles. The van der Waals surface area contributed by atoms with Crippen LogP contribution in [0.3, 0.4) is 0 Å². The summed E-state index contributed by atoms with van der Waals surface area (Å²) in [6.07, 6.45) is 0. The molecule has 0 spiro atoms. The van der Waals surface area contributed by atoms with Crippen molar-refractivity contribution < 1.29 is 9.13 Å². The molecule has 2 aliphatic rings. The van der Waals surface area contributed by atoms with Crippen LogP contribution >= 0.6 is 0 Å². The maximum atomic E-state index is 12.6. The summed E-state index contributed by atoms with van der Waals surface area (Å²) in [4.78, 5) is 6.58. The molecule has 126 valence electrons. The second-order valence-electron chi connectivity index (χ2n) is 5.60. The molecular weight excluding hydrogens is 305 g/mol. The first-order chi connectivity index (χ1) is 11.8. The van der Waals surface area contributed by atoms with E-state index in [0.717, 1.165) is 56.5 Å².